The second kappa shape index (κ2) is 17.9. The van der Waals surface area contributed by atoms with Gasteiger partial charge in [0.25, 0.3) is 0 Å². The lowest BCUT2D eigenvalue weighted by Gasteiger charge is -2.26. The summed E-state index contributed by atoms with van der Waals surface area (Å²) in [6.45, 7) is 11.5. The number of fused-ring (bicyclic) bond motifs is 2. The van der Waals surface area contributed by atoms with Gasteiger partial charge in [0.05, 0.1) is 56.9 Å². The molecule has 4 rings (SSSR count). The highest BCUT2D eigenvalue weighted by atomic mass is 28.4. The maximum absolute atomic E-state index is 8.70. The number of aliphatic hydroxyl groups excluding tert-OH is 3. The summed E-state index contributed by atoms with van der Waals surface area (Å²) in [6, 6.07) is 1.64. The molecule has 15 heteroatoms. The van der Waals surface area contributed by atoms with Crippen molar-refractivity contribution in [1.29, 1.82) is 0 Å². The Morgan fingerprint density at radius 2 is 1.23 bits per heavy atom. The number of hydrogen-bond acceptors (Lipinski definition) is 13. The topological polar surface area (TPSA) is 160 Å². The smallest absolute Gasteiger partial charge is 0.391 e. The van der Waals surface area contributed by atoms with E-state index in [9.17, 15) is 0 Å². The summed E-state index contributed by atoms with van der Waals surface area (Å²) in [5, 5.41) is 25.9. The molecular weight excluding hydrogens is 564 g/mol. The average Bonchev–Trinajstić information content (AvgIpc) is 3.86. The van der Waals surface area contributed by atoms with E-state index in [1.165, 1.54) is 13.8 Å². The lowest BCUT2D eigenvalue weighted by molar-refractivity contribution is -0.0438. The third-order valence-electron chi connectivity index (χ3n) is 6.85. The van der Waals surface area contributed by atoms with Crippen LogP contribution in [0.15, 0.2) is 0 Å². The third-order valence-corrected chi connectivity index (χ3v) is 12.7. The summed E-state index contributed by atoms with van der Waals surface area (Å²) < 4.78 is 54.6. The molecule has 238 valence electrons. The molecule has 0 amide bonds. The first-order chi connectivity index (χ1) is 19.0. The van der Waals surface area contributed by atoms with Crippen molar-refractivity contribution in [3.63, 3.8) is 0 Å². The SMILES string of the molecule is CC(O)C(O)C(C)O.CC1O[Si]2(CCCOCC3CO3)OC(C)C1O2.CO[Si](CCCOCC1CO1)(OC)OC. The Balaban J connectivity index is 0.000000225. The van der Waals surface area contributed by atoms with Gasteiger partial charge in [0.1, 0.15) is 18.3 Å². The molecular formula is C25H52O13Si2. The summed E-state index contributed by atoms with van der Waals surface area (Å²) in [6.07, 6.45) is 0.287. The van der Waals surface area contributed by atoms with Gasteiger partial charge in [-0.3, -0.25) is 0 Å². The van der Waals surface area contributed by atoms with Crippen LogP contribution in [0.1, 0.15) is 40.5 Å². The van der Waals surface area contributed by atoms with E-state index >= 15 is 0 Å². The Labute approximate surface area is 241 Å². The quantitative estimate of drug-likeness (QED) is 0.119. The highest BCUT2D eigenvalue weighted by Crippen LogP contribution is 2.40. The van der Waals surface area contributed by atoms with Gasteiger partial charge in [0.2, 0.25) is 0 Å². The molecule has 0 aliphatic carbocycles. The number of rotatable bonds is 17. The molecule has 13 nitrogen and oxygen atoms in total. The summed E-state index contributed by atoms with van der Waals surface area (Å²) in [7, 11) is 0.148. The van der Waals surface area contributed by atoms with Crippen LogP contribution in [0.5, 0.6) is 0 Å². The van der Waals surface area contributed by atoms with Gasteiger partial charge >= 0.3 is 17.6 Å². The van der Waals surface area contributed by atoms with Gasteiger partial charge in [-0.15, -0.1) is 0 Å². The van der Waals surface area contributed by atoms with Crippen LogP contribution in [-0.2, 0) is 45.5 Å². The Morgan fingerprint density at radius 3 is 1.57 bits per heavy atom. The molecule has 0 radical (unpaired) electrons. The van der Waals surface area contributed by atoms with Gasteiger partial charge in [-0.2, -0.15) is 0 Å². The minimum absolute atomic E-state index is 0.141. The zero-order chi connectivity index (χ0) is 29.8. The summed E-state index contributed by atoms with van der Waals surface area (Å²) in [5.74, 6) is 0. The monoisotopic (exact) mass is 616 g/mol. The van der Waals surface area contributed by atoms with Crippen molar-refractivity contribution < 1.29 is 60.8 Å². The van der Waals surface area contributed by atoms with Crippen LogP contribution in [0.25, 0.3) is 0 Å². The van der Waals surface area contributed by atoms with Gasteiger partial charge in [0.15, 0.2) is 0 Å². The van der Waals surface area contributed by atoms with Crippen LogP contribution in [0.4, 0.5) is 0 Å². The fraction of sp³-hybridized carbons (Fsp3) is 1.00. The van der Waals surface area contributed by atoms with E-state index in [0.717, 1.165) is 44.8 Å². The first-order valence-corrected chi connectivity index (χ1v) is 18.0. The standard InChI is InChI=1S/C11H20O5Si.C9H20O5Si.C5H12O3/c1-8-11-9(2)15-17(14-8,16-11)5-3-4-12-6-10-7-13-10;1-10-15(11-2,12-3)6-4-5-13-7-9-8-14-9;1-3(6)5(8)4(2)7/h8-11H,3-7H2,1-2H3;9H,4-8H2,1-3H3;3-8H,1-2H3. The minimum Gasteiger partial charge on any atom is -0.391 e. The molecule has 6 atom stereocenters. The second-order valence-electron chi connectivity index (χ2n) is 10.4. The van der Waals surface area contributed by atoms with Gasteiger partial charge < -0.3 is 60.8 Å². The molecule has 0 spiro atoms. The van der Waals surface area contributed by atoms with Gasteiger partial charge in [-0.25, -0.2) is 0 Å². The summed E-state index contributed by atoms with van der Waals surface area (Å²) in [5.41, 5.74) is 0. The van der Waals surface area contributed by atoms with E-state index < -0.39 is 35.9 Å². The first-order valence-electron chi connectivity index (χ1n) is 14.1. The first kappa shape index (κ1) is 36.1. The predicted octanol–water partition coefficient (Wildman–Crippen LogP) is 0.732. The van der Waals surface area contributed by atoms with Crippen molar-refractivity contribution >= 4 is 17.6 Å². The molecule has 4 saturated heterocycles. The van der Waals surface area contributed by atoms with Crippen LogP contribution in [-0.4, -0.2) is 143 Å². The Morgan fingerprint density at radius 1 is 0.775 bits per heavy atom. The molecule has 0 aromatic heterocycles. The molecule has 4 aliphatic rings. The zero-order valence-electron chi connectivity index (χ0n) is 25.1. The third kappa shape index (κ3) is 12.6. The molecule has 2 bridgehead atoms. The Kier molecular flexibility index (Phi) is 16.2. The molecule has 40 heavy (non-hydrogen) atoms. The molecule has 0 aromatic carbocycles. The highest BCUT2D eigenvalue weighted by molar-refractivity contribution is 6.62. The lowest BCUT2D eigenvalue weighted by atomic mass is 10.1. The van der Waals surface area contributed by atoms with Crippen molar-refractivity contribution in [1.82, 2.24) is 0 Å². The van der Waals surface area contributed by atoms with E-state index in [-0.39, 0.29) is 18.3 Å². The van der Waals surface area contributed by atoms with Gasteiger partial charge in [-0.1, -0.05) is 0 Å². The van der Waals surface area contributed by atoms with Crippen molar-refractivity contribution in [2.45, 2.75) is 101 Å². The molecule has 6 unspecified atom stereocenters. The van der Waals surface area contributed by atoms with Crippen molar-refractivity contribution in [2.75, 3.05) is 61.0 Å². The second-order valence-corrected chi connectivity index (χ2v) is 16.1. The predicted molar refractivity (Wildman–Crippen MR) is 148 cm³/mol. The van der Waals surface area contributed by atoms with E-state index in [0.29, 0.717) is 32.0 Å². The van der Waals surface area contributed by atoms with Gasteiger partial charge in [0, 0.05) is 46.6 Å². The lowest BCUT2D eigenvalue weighted by Crippen LogP contribution is -2.44. The van der Waals surface area contributed by atoms with Crippen LogP contribution < -0.4 is 0 Å². The highest BCUT2D eigenvalue weighted by Gasteiger charge is 2.60. The van der Waals surface area contributed by atoms with E-state index in [1.54, 1.807) is 21.3 Å². The maximum Gasteiger partial charge on any atom is 0.502 e. The van der Waals surface area contributed by atoms with Crippen molar-refractivity contribution in [2.24, 2.45) is 0 Å². The molecule has 0 saturated carbocycles. The number of ether oxygens (including phenoxy) is 4. The van der Waals surface area contributed by atoms with Crippen molar-refractivity contribution in [3.05, 3.63) is 0 Å². The zero-order valence-corrected chi connectivity index (χ0v) is 27.1. The molecule has 4 heterocycles. The molecule has 4 fully saturated rings. The Hall–Kier alpha value is -0.0862. The molecule has 3 N–H and O–H groups in total. The molecule has 0 aromatic rings. The summed E-state index contributed by atoms with van der Waals surface area (Å²) >= 11 is 0. The van der Waals surface area contributed by atoms with Gasteiger partial charge in [-0.05, 0) is 40.5 Å². The van der Waals surface area contributed by atoms with Crippen molar-refractivity contribution in [3.8, 4) is 0 Å². The average molecular weight is 617 g/mol. The van der Waals surface area contributed by atoms with E-state index in [1.807, 2.05) is 0 Å². The number of epoxide rings is 2. The largest absolute Gasteiger partial charge is 0.502 e. The van der Waals surface area contributed by atoms with Crippen LogP contribution >= 0.6 is 0 Å². The van der Waals surface area contributed by atoms with Crippen LogP contribution in [0.2, 0.25) is 12.1 Å². The van der Waals surface area contributed by atoms with E-state index in [2.05, 4.69) is 13.8 Å². The van der Waals surface area contributed by atoms with Crippen LogP contribution in [0, 0.1) is 0 Å². The Bertz CT molecular complexity index is 649. The van der Waals surface area contributed by atoms with Crippen LogP contribution in [0.3, 0.4) is 0 Å². The summed E-state index contributed by atoms with van der Waals surface area (Å²) in [4.78, 5) is 0. The van der Waals surface area contributed by atoms with E-state index in [4.69, 9.17) is 60.8 Å². The number of hydrogen-bond donors (Lipinski definition) is 3. The number of aliphatic hydroxyl groups is 3. The minimum atomic E-state index is -2.39. The molecule has 4 aliphatic heterocycles. The normalized spacial score (nSPS) is 32.4. The maximum atomic E-state index is 8.70. The fourth-order valence-electron chi connectivity index (χ4n) is 4.24. The fourth-order valence-corrected chi connectivity index (χ4v) is 9.23.